The van der Waals surface area contributed by atoms with Gasteiger partial charge in [0.15, 0.2) is 5.03 Å². The fourth-order valence-electron chi connectivity index (χ4n) is 3.80. The Kier molecular flexibility index (Phi) is 4.65. The Bertz CT molecular complexity index is 969. The highest BCUT2D eigenvalue weighted by molar-refractivity contribution is 7.89. The van der Waals surface area contributed by atoms with Gasteiger partial charge in [0.1, 0.15) is 0 Å². The van der Waals surface area contributed by atoms with E-state index in [4.69, 9.17) is 0 Å². The Morgan fingerprint density at radius 3 is 2.57 bits per heavy atom. The van der Waals surface area contributed by atoms with Crippen LogP contribution < -0.4 is 5.32 Å². The average Bonchev–Trinajstić information content (AvgIpc) is 3.22. The fourth-order valence-corrected chi connectivity index (χ4v) is 5.27. The second-order valence-electron chi connectivity index (χ2n) is 7.53. The lowest BCUT2D eigenvalue weighted by Gasteiger charge is -2.21. The first-order chi connectivity index (χ1) is 13.1. The number of hydrogen-bond acceptors (Lipinski definition) is 4. The van der Waals surface area contributed by atoms with E-state index in [-0.39, 0.29) is 23.5 Å². The minimum Gasteiger partial charge on any atom is -0.381 e. The lowest BCUT2D eigenvalue weighted by atomic mass is 9.98. The van der Waals surface area contributed by atoms with E-state index in [1.54, 1.807) is 17.7 Å². The largest absolute Gasteiger partial charge is 0.416 e. The third-order valence-corrected chi connectivity index (χ3v) is 7.10. The zero-order chi connectivity index (χ0) is 20.1. The number of aryl methyl sites for hydroxylation is 1. The average molecular weight is 414 g/mol. The molecule has 28 heavy (non-hydrogen) atoms. The Morgan fingerprint density at radius 2 is 1.96 bits per heavy atom. The molecule has 2 atom stereocenters. The molecule has 2 unspecified atom stereocenters. The number of nitrogens with zero attached hydrogens (tertiary/aromatic N) is 3. The molecule has 0 amide bonds. The molecule has 0 radical (unpaired) electrons. The van der Waals surface area contributed by atoms with Crippen molar-refractivity contribution in [3.8, 4) is 0 Å². The summed E-state index contributed by atoms with van der Waals surface area (Å²) >= 11 is 0. The molecule has 2 aliphatic rings. The van der Waals surface area contributed by atoms with Gasteiger partial charge in [-0.25, -0.2) is 13.4 Å². The molecule has 2 fully saturated rings. The molecular weight excluding hydrogens is 393 g/mol. The number of rotatable bonds is 5. The molecule has 152 valence electrons. The van der Waals surface area contributed by atoms with Gasteiger partial charge in [-0.1, -0.05) is 6.07 Å². The van der Waals surface area contributed by atoms with Crippen molar-refractivity contribution >= 4 is 15.7 Å². The van der Waals surface area contributed by atoms with E-state index in [9.17, 15) is 21.6 Å². The second kappa shape index (κ2) is 6.77. The molecule has 4 rings (SSSR count). The van der Waals surface area contributed by atoms with Crippen LogP contribution in [0, 0.1) is 11.8 Å². The molecule has 1 N–H and O–H groups in total. The van der Waals surface area contributed by atoms with Crippen LogP contribution in [0.25, 0.3) is 0 Å². The van der Waals surface area contributed by atoms with Crippen LogP contribution in [0.5, 0.6) is 0 Å². The van der Waals surface area contributed by atoms with Crippen LogP contribution in [0.15, 0.2) is 41.8 Å². The van der Waals surface area contributed by atoms with E-state index in [1.807, 2.05) is 0 Å². The lowest BCUT2D eigenvalue weighted by molar-refractivity contribution is -0.137. The molecule has 1 aromatic heterocycles. The topological polar surface area (TPSA) is 67.2 Å². The minimum absolute atomic E-state index is 0.00994. The Labute approximate surface area is 161 Å². The maximum absolute atomic E-state index is 13.0. The van der Waals surface area contributed by atoms with Gasteiger partial charge in [0.2, 0.25) is 0 Å². The van der Waals surface area contributed by atoms with Crippen LogP contribution in [-0.2, 0) is 23.2 Å². The van der Waals surface area contributed by atoms with Crippen molar-refractivity contribution in [1.29, 1.82) is 0 Å². The molecular formula is C18H21F3N4O2S. The number of anilines is 1. The third kappa shape index (κ3) is 3.75. The highest BCUT2D eigenvalue weighted by Gasteiger charge is 2.46. The summed E-state index contributed by atoms with van der Waals surface area (Å²) in [6.45, 7) is 0.552. The van der Waals surface area contributed by atoms with Crippen LogP contribution in [0.3, 0.4) is 0 Å². The SMILES string of the molecule is Cn1cnc(S(=O)(=O)N2CC(Nc3cccc(C(F)(F)F)c3)C(C3CC3)C2)c1. The number of benzene rings is 1. The number of imidazole rings is 1. The van der Waals surface area contributed by atoms with Crippen LogP contribution in [0.1, 0.15) is 18.4 Å². The van der Waals surface area contributed by atoms with Crippen molar-refractivity contribution in [1.82, 2.24) is 13.9 Å². The quantitative estimate of drug-likeness (QED) is 0.817. The van der Waals surface area contributed by atoms with Crippen molar-refractivity contribution in [2.75, 3.05) is 18.4 Å². The Morgan fingerprint density at radius 1 is 1.21 bits per heavy atom. The van der Waals surface area contributed by atoms with Gasteiger partial charge in [-0.05, 0) is 42.9 Å². The first-order valence-electron chi connectivity index (χ1n) is 9.06. The van der Waals surface area contributed by atoms with E-state index in [0.717, 1.165) is 25.0 Å². The second-order valence-corrected chi connectivity index (χ2v) is 9.41. The first-order valence-corrected chi connectivity index (χ1v) is 10.5. The maximum Gasteiger partial charge on any atom is 0.416 e. The smallest absolute Gasteiger partial charge is 0.381 e. The van der Waals surface area contributed by atoms with Crippen LogP contribution in [0.4, 0.5) is 18.9 Å². The van der Waals surface area contributed by atoms with Crippen molar-refractivity contribution in [3.05, 3.63) is 42.4 Å². The van der Waals surface area contributed by atoms with Gasteiger partial charge in [0.05, 0.1) is 11.9 Å². The van der Waals surface area contributed by atoms with Gasteiger partial charge in [-0.15, -0.1) is 0 Å². The highest BCUT2D eigenvalue weighted by Crippen LogP contribution is 2.43. The van der Waals surface area contributed by atoms with Crippen LogP contribution >= 0.6 is 0 Å². The Balaban J connectivity index is 1.56. The molecule has 1 aliphatic heterocycles. The molecule has 1 saturated carbocycles. The number of sulfonamides is 1. The van der Waals surface area contributed by atoms with Crippen molar-refractivity contribution in [3.63, 3.8) is 0 Å². The molecule has 1 aliphatic carbocycles. The van der Waals surface area contributed by atoms with Crippen LogP contribution in [0.2, 0.25) is 0 Å². The summed E-state index contributed by atoms with van der Waals surface area (Å²) in [5.74, 6) is 0.459. The van der Waals surface area contributed by atoms with Gasteiger partial charge < -0.3 is 9.88 Å². The van der Waals surface area contributed by atoms with Gasteiger partial charge in [0, 0.05) is 38.1 Å². The molecule has 6 nitrogen and oxygen atoms in total. The number of aromatic nitrogens is 2. The van der Waals surface area contributed by atoms with Gasteiger partial charge in [0.25, 0.3) is 10.0 Å². The predicted molar refractivity (Wildman–Crippen MR) is 97.0 cm³/mol. The molecule has 2 heterocycles. The van der Waals surface area contributed by atoms with Crippen LogP contribution in [-0.4, -0.2) is 41.4 Å². The molecule has 1 saturated heterocycles. The lowest BCUT2D eigenvalue weighted by Crippen LogP contribution is -2.32. The summed E-state index contributed by atoms with van der Waals surface area (Å²) in [4.78, 5) is 3.95. The summed E-state index contributed by atoms with van der Waals surface area (Å²) in [7, 11) is -2.04. The van der Waals surface area contributed by atoms with Gasteiger partial charge >= 0.3 is 6.18 Å². The predicted octanol–water partition coefficient (Wildman–Crippen LogP) is 2.95. The standard InChI is InChI=1S/C18H21F3N4O2S/c1-24-10-17(22-11-24)28(26,27)25-8-15(12-5-6-12)16(9-25)23-14-4-2-3-13(7-14)18(19,20)21/h2-4,7,10-12,15-16,23H,5-6,8-9H2,1H3. The first kappa shape index (κ1) is 19.3. The van der Waals surface area contributed by atoms with E-state index in [1.165, 1.54) is 22.9 Å². The van der Waals surface area contributed by atoms with E-state index in [2.05, 4.69) is 10.3 Å². The molecule has 2 aromatic rings. The fraction of sp³-hybridized carbons (Fsp3) is 0.500. The van der Waals surface area contributed by atoms with E-state index in [0.29, 0.717) is 18.2 Å². The zero-order valence-corrected chi connectivity index (χ0v) is 16.0. The van der Waals surface area contributed by atoms with E-state index < -0.39 is 21.8 Å². The molecule has 10 heteroatoms. The monoisotopic (exact) mass is 414 g/mol. The Hall–Kier alpha value is -2.07. The van der Waals surface area contributed by atoms with Crippen molar-refractivity contribution in [2.45, 2.75) is 30.1 Å². The van der Waals surface area contributed by atoms with Crippen molar-refractivity contribution < 1.29 is 21.6 Å². The minimum atomic E-state index is -4.42. The normalized spacial score (nSPS) is 23.9. The molecule has 0 bridgehead atoms. The zero-order valence-electron chi connectivity index (χ0n) is 15.2. The third-order valence-electron chi connectivity index (χ3n) is 5.39. The van der Waals surface area contributed by atoms with Gasteiger partial charge in [-0.3, -0.25) is 0 Å². The summed E-state index contributed by atoms with van der Waals surface area (Å²) in [5.41, 5.74) is -0.376. The summed E-state index contributed by atoms with van der Waals surface area (Å²) in [6.07, 6.45) is 0.498. The summed E-state index contributed by atoms with van der Waals surface area (Å²) in [5, 5.41) is 3.14. The number of nitrogens with one attached hydrogen (secondary N) is 1. The molecule has 0 spiro atoms. The van der Waals surface area contributed by atoms with Gasteiger partial charge in [-0.2, -0.15) is 17.5 Å². The number of alkyl halides is 3. The molecule has 1 aromatic carbocycles. The maximum atomic E-state index is 13.0. The summed E-state index contributed by atoms with van der Waals surface area (Å²) < 4.78 is 67.7. The van der Waals surface area contributed by atoms with E-state index >= 15 is 0 Å². The highest BCUT2D eigenvalue weighted by atomic mass is 32.2. The number of hydrogen-bond donors (Lipinski definition) is 1. The number of halogens is 3. The summed E-state index contributed by atoms with van der Waals surface area (Å²) in [6, 6.07) is 4.79. The van der Waals surface area contributed by atoms with Crippen molar-refractivity contribution in [2.24, 2.45) is 18.9 Å².